The Morgan fingerprint density at radius 1 is 1.35 bits per heavy atom. The largest absolute Gasteiger partial charge is 0.471 e. The van der Waals surface area contributed by atoms with Crippen LogP contribution in [0, 0.1) is 11.3 Å². The summed E-state index contributed by atoms with van der Waals surface area (Å²) in [5, 5.41) is 13.0. The van der Waals surface area contributed by atoms with Crippen LogP contribution in [0.3, 0.4) is 0 Å². The third kappa shape index (κ3) is 4.48. The maximum atomic E-state index is 12.5. The molecular weight excluding hydrogens is 355 g/mol. The quantitative estimate of drug-likeness (QED) is 0.594. The van der Waals surface area contributed by atoms with Crippen LogP contribution in [0.25, 0.3) is 11.4 Å². The predicted molar refractivity (Wildman–Crippen MR) is 80.9 cm³/mol. The minimum atomic E-state index is -4.71. The summed E-state index contributed by atoms with van der Waals surface area (Å²) in [4.78, 5) is 21.6. The topological polar surface area (TPSA) is 95.5 Å². The molecule has 0 atom stereocenters. The third-order valence-corrected chi connectivity index (χ3v) is 3.28. The van der Waals surface area contributed by atoms with Gasteiger partial charge in [-0.25, -0.2) is 4.79 Å². The van der Waals surface area contributed by atoms with Crippen LogP contribution in [0.4, 0.5) is 18.0 Å². The highest BCUT2D eigenvalue weighted by molar-refractivity contribution is 5.73. The Kier molecular flexibility index (Phi) is 5.78. The average Bonchev–Trinajstić information content (AvgIpc) is 3.10. The molecule has 0 radical (unpaired) electrons. The monoisotopic (exact) mass is 369 g/mol. The van der Waals surface area contributed by atoms with Gasteiger partial charge in [0.25, 0.3) is 0 Å². The van der Waals surface area contributed by atoms with E-state index in [4.69, 9.17) is 10.1 Å². The Hall–Kier alpha value is -3.13. The van der Waals surface area contributed by atoms with E-state index in [0.717, 1.165) is 5.06 Å². The summed E-state index contributed by atoms with van der Waals surface area (Å²) < 4.78 is 41.6. The van der Waals surface area contributed by atoms with Gasteiger partial charge < -0.3 is 9.42 Å². The minimum absolute atomic E-state index is 0.0748. The highest BCUT2D eigenvalue weighted by Gasteiger charge is 2.38. The van der Waals surface area contributed by atoms with Gasteiger partial charge in [0, 0.05) is 12.6 Å². The number of hydrogen-bond donors (Lipinski definition) is 0. The van der Waals surface area contributed by atoms with Gasteiger partial charge in [-0.3, -0.25) is 4.84 Å². The summed E-state index contributed by atoms with van der Waals surface area (Å²) in [5.41, 5.74) is 0.971. The molecule has 26 heavy (non-hydrogen) atoms. The van der Waals surface area contributed by atoms with Gasteiger partial charge in [-0.1, -0.05) is 29.4 Å². The minimum Gasteiger partial charge on any atom is -0.329 e. The second-order valence-corrected chi connectivity index (χ2v) is 5.13. The lowest BCUT2D eigenvalue weighted by atomic mass is 10.1. The van der Waals surface area contributed by atoms with Crippen molar-refractivity contribution in [3.05, 3.63) is 35.7 Å². The molecule has 8 nitrogen and oxygen atoms in total. The molecular formula is C15H14F3N5O3. The van der Waals surface area contributed by atoms with E-state index in [0.29, 0.717) is 11.1 Å². The van der Waals surface area contributed by atoms with Gasteiger partial charge in [-0.2, -0.15) is 28.5 Å². The summed E-state index contributed by atoms with van der Waals surface area (Å²) in [6.07, 6.45) is -4.71. The molecule has 1 aromatic carbocycles. The van der Waals surface area contributed by atoms with E-state index in [1.54, 1.807) is 12.1 Å². The van der Waals surface area contributed by atoms with Crippen LogP contribution >= 0.6 is 0 Å². The maximum Gasteiger partial charge on any atom is 0.471 e. The Balaban J connectivity index is 2.10. The summed E-state index contributed by atoms with van der Waals surface area (Å²) in [6, 6.07) is 7.51. The van der Waals surface area contributed by atoms with E-state index in [1.165, 1.54) is 31.2 Å². The highest BCUT2D eigenvalue weighted by atomic mass is 19.4. The van der Waals surface area contributed by atoms with Crippen molar-refractivity contribution in [3.63, 3.8) is 0 Å². The fourth-order valence-electron chi connectivity index (χ4n) is 1.96. The van der Waals surface area contributed by atoms with Gasteiger partial charge in [-0.15, -0.1) is 0 Å². The van der Waals surface area contributed by atoms with E-state index < -0.39 is 18.1 Å². The normalized spacial score (nSPS) is 11.1. The first-order valence-corrected chi connectivity index (χ1v) is 7.20. The Labute approximate surface area is 146 Å². The number of rotatable bonds is 5. The number of hydroxylamine groups is 2. The first kappa shape index (κ1) is 19.2. The summed E-state index contributed by atoms with van der Waals surface area (Å²) >= 11 is 0. The van der Waals surface area contributed by atoms with Crippen molar-refractivity contribution in [2.75, 3.05) is 20.7 Å². The van der Waals surface area contributed by atoms with Crippen molar-refractivity contribution < 1.29 is 27.3 Å². The van der Waals surface area contributed by atoms with Crippen molar-refractivity contribution in [2.45, 2.75) is 12.7 Å². The summed E-state index contributed by atoms with van der Waals surface area (Å²) in [5.74, 6) is -1.62. The van der Waals surface area contributed by atoms with Crippen LogP contribution in [0.2, 0.25) is 0 Å². The van der Waals surface area contributed by atoms with E-state index in [1.807, 2.05) is 6.07 Å². The Morgan fingerprint density at radius 3 is 2.50 bits per heavy atom. The molecule has 0 bridgehead atoms. The zero-order chi connectivity index (χ0) is 19.3. The van der Waals surface area contributed by atoms with Gasteiger partial charge >= 0.3 is 18.1 Å². The lowest BCUT2D eigenvalue weighted by molar-refractivity contribution is -0.159. The molecule has 0 saturated carbocycles. The summed E-state index contributed by atoms with van der Waals surface area (Å²) in [6.45, 7) is -0.0254. The number of benzene rings is 1. The first-order valence-electron chi connectivity index (χ1n) is 7.20. The Bertz CT molecular complexity index is 798. The fourth-order valence-corrected chi connectivity index (χ4v) is 1.96. The van der Waals surface area contributed by atoms with Gasteiger partial charge in [0.2, 0.25) is 5.82 Å². The molecule has 0 unspecified atom stereocenters. The zero-order valence-electron chi connectivity index (χ0n) is 13.8. The molecule has 0 saturated heterocycles. The zero-order valence-corrected chi connectivity index (χ0v) is 13.8. The van der Waals surface area contributed by atoms with Gasteiger partial charge in [0.15, 0.2) is 0 Å². The number of nitrogens with zero attached hydrogens (tertiary/aromatic N) is 5. The molecule has 2 amide bonds. The molecule has 0 aliphatic rings. The second kappa shape index (κ2) is 7.83. The van der Waals surface area contributed by atoms with Crippen LogP contribution in [-0.2, 0) is 17.6 Å². The SMILES string of the molecule is CON(Cc1ccc(-c2noc(C(F)(F)F)n2)cc1)C(=O)N(C)CC#N. The highest BCUT2D eigenvalue weighted by Crippen LogP contribution is 2.29. The van der Waals surface area contributed by atoms with Crippen molar-refractivity contribution in [1.82, 2.24) is 20.1 Å². The molecule has 2 rings (SSSR count). The number of nitriles is 1. The molecule has 2 aromatic rings. The number of carbonyl (C=O) groups is 1. The first-order chi connectivity index (χ1) is 12.3. The summed E-state index contributed by atoms with van der Waals surface area (Å²) in [7, 11) is 2.76. The molecule has 1 aromatic heterocycles. The number of urea groups is 1. The van der Waals surface area contributed by atoms with Crippen LogP contribution in [-0.4, -0.2) is 46.8 Å². The fraction of sp³-hybridized carbons (Fsp3) is 0.333. The smallest absolute Gasteiger partial charge is 0.329 e. The second-order valence-electron chi connectivity index (χ2n) is 5.13. The molecule has 0 spiro atoms. The van der Waals surface area contributed by atoms with Crippen molar-refractivity contribution in [3.8, 4) is 17.5 Å². The van der Waals surface area contributed by atoms with E-state index in [2.05, 4.69) is 14.7 Å². The van der Waals surface area contributed by atoms with Crippen LogP contribution in [0.5, 0.6) is 0 Å². The lowest BCUT2D eigenvalue weighted by Crippen LogP contribution is -2.40. The average molecular weight is 369 g/mol. The predicted octanol–water partition coefficient (Wildman–Crippen LogP) is 2.69. The van der Waals surface area contributed by atoms with Crippen molar-refractivity contribution in [2.24, 2.45) is 0 Å². The number of alkyl halides is 3. The van der Waals surface area contributed by atoms with Crippen molar-refractivity contribution >= 4 is 6.03 Å². The van der Waals surface area contributed by atoms with E-state index in [9.17, 15) is 18.0 Å². The maximum absolute atomic E-state index is 12.5. The Morgan fingerprint density at radius 2 is 2.00 bits per heavy atom. The molecule has 1 heterocycles. The number of halogens is 3. The van der Waals surface area contributed by atoms with Gasteiger partial charge in [-0.05, 0) is 5.56 Å². The van der Waals surface area contributed by atoms with Gasteiger partial charge in [0.05, 0.1) is 19.7 Å². The van der Waals surface area contributed by atoms with Gasteiger partial charge in [0.1, 0.15) is 6.54 Å². The third-order valence-electron chi connectivity index (χ3n) is 3.28. The standard InChI is InChI=1S/C15H14F3N5O3/c1-22(8-7-19)14(24)23(25-2)9-10-3-5-11(6-4-10)12-20-13(26-21-12)15(16,17)18/h3-6H,8-9H2,1-2H3. The number of amides is 2. The van der Waals surface area contributed by atoms with Crippen LogP contribution in [0.1, 0.15) is 11.5 Å². The lowest BCUT2D eigenvalue weighted by Gasteiger charge is -2.24. The number of aromatic nitrogens is 2. The van der Waals surface area contributed by atoms with E-state index >= 15 is 0 Å². The van der Waals surface area contributed by atoms with Crippen LogP contribution in [0.15, 0.2) is 28.8 Å². The molecule has 0 N–H and O–H groups in total. The van der Waals surface area contributed by atoms with Crippen molar-refractivity contribution in [1.29, 1.82) is 5.26 Å². The molecule has 0 aliphatic carbocycles. The van der Waals surface area contributed by atoms with E-state index in [-0.39, 0.29) is 18.9 Å². The molecule has 0 fully saturated rings. The molecule has 11 heteroatoms. The van der Waals surface area contributed by atoms with Crippen LogP contribution < -0.4 is 0 Å². The molecule has 0 aliphatic heterocycles. The molecule has 138 valence electrons. The number of hydrogen-bond acceptors (Lipinski definition) is 6. The number of carbonyl (C=O) groups excluding carboxylic acids is 1.